The Morgan fingerprint density at radius 3 is 2.56 bits per heavy atom. The number of nitrogen functional groups attached to an aromatic ring is 1. The van der Waals surface area contributed by atoms with E-state index in [1.54, 1.807) is 4.52 Å². The summed E-state index contributed by atoms with van der Waals surface area (Å²) in [5.41, 5.74) is 5.38. The summed E-state index contributed by atoms with van der Waals surface area (Å²) in [7, 11) is 0. The largest absolute Gasteiger partial charge is 0.308 e. The van der Waals surface area contributed by atoms with Crippen molar-refractivity contribution < 1.29 is 0 Å². The van der Waals surface area contributed by atoms with E-state index in [1.807, 2.05) is 19.1 Å². The molecule has 0 aromatic carbocycles. The van der Waals surface area contributed by atoms with Gasteiger partial charge in [-0.15, -0.1) is 0 Å². The van der Waals surface area contributed by atoms with Crippen LogP contribution in [0.5, 0.6) is 0 Å². The number of nitrogens with two attached hydrogens (primary N) is 1. The maximum absolute atomic E-state index is 5.46. The third-order valence-corrected chi connectivity index (χ3v) is 2.47. The van der Waals surface area contributed by atoms with Crippen molar-refractivity contribution in [2.45, 2.75) is 33.1 Å². The number of aryl methyl sites for hydroxylation is 1. The molecule has 0 unspecified atom stereocenters. The fourth-order valence-electron chi connectivity index (χ4n) is 1.57. The molecule has 0 amide bonds. The number of aromatic nitrogens is 3. The van der Waals surface area contributed by atoms with Gasteiger partial charge < -0.3 is 5.43 Å². The number of anilines is 1. The number of nitrogens with zero attached hydrogens (tertiary/aromatic N) is 3. The quantitative estimate of drug-likeness (QED) is 0.565. The zero-order valence-corrected chi connectivity index (χ0v) is 10.1. The SMILES string of the molecule is Cc1cc(NN)n2nc(C(C)(C)C)cc2n1. The molecule has 5 heteroatoms. The van der Waals surface area contributed by atoms with E-state index < -0.39 is 0 Å². The fraction of sp³-hybridized carbons (Fsp3) is 0.455. The normalized spacial score (nSPS) is 12.1. The Bertz CT molecular complexity index is 521. The van der Waals surface area contributed by atoms with Crippen LogP contribution in [0.15, 0.2) is 12.1 Å². The van der Waals surface area contributed by atoms with E-state index in [0.29, 0.717) is 0 Å². The lowest BCUT2D eigenvalue weighted by Crippen LogP contribution is -2.14. The summed E-state index contributed by atoms with van der Waals surface area (Å²) in [5, 5.41) is 4.51. The number of hydrogen-bond donors (Lipinski definition) is 2. The monoisotopic (exact) mass is 219 g/mol. The molecule has 5 nitrogen and oxygen atoms in total. The van der Waals surface area contributed by atoms with Crippen molar-refractivity contribution in [3.05, 3.63) is 23.5 Å². The molecule has 2 aromatic rings. The first-order valence-electron chi connectivity index (χ1n) is 5.26. The molecule has 0 radical (unpaired) electrons. The summed E-state index contributed by atoms with van der Waals surface area (Å²) in [5.74, 6) is 6.21. The Balaban J connectivity index is 2.70. The molecule has 0 bridgehead atoms. The molecule has 0 atom stereocenters. The lowest BCUT2D eigenvalue weighted by molar-refractivity contribution is 0.563. The Labute approximate surface area is 94.6 Å². The highest BCUT2D eigenvalue weighted by atomic mass is 15.4. The van der Waals surface area contributed by atoms with E-state index in [9.17, 15) is 0 Å². The number of hydrogen-bond acceptors (Lipinski definition) is 4. The Kier molecular flexibility index (Phi) is 2.35. The van der Waals surface area contributed by atoms with Gasteiger partial charge >= 0.3 is 0 Å². The van der Waals surface area contributed by atoms with Crippen LogP contribution in [0.3, 0.4) is 0 Å². The lowest BCUT2D eigenvalue weighted by atomic mass is 9.93. The minimum atomic E-state index is 0.00741. The second-order valence-corrected chi connectivity index (χ2v) is 4.98. The number of hydrazine groups is 1. The van der Waals surface area contributed by atoms with Gasteiger partial charge in [-0.25, -0.2) is 10.8 Å². The Morgan fingerprint density at radius 2 is 2.00 bits per heavy atom. The van der Waals surface area contributed by atoms with Gasteiger partial charge in [-0.05, 0) is 6.92 Å². The van der Waals surface area contributed by atoms with Gasteiger partial charge in [-0.2, -0.15) is 9.61 Å². The van der Waals surface area contributed by atoms with E-state index in [0.717, 1.165) is 22.9 Å². The van der Waals surface area contributed by atoms with Crippen molar-refractivity contribution in [3.8, 4) is 0 Å². The molecule has 16 heavy (non-hydrogen) atoms. The van der Waals surface area contributed by atoms with Gasteiger partial charge in [-0.1, -0.05) is 20.8 Å². The topological polar surface area (TPSA) is 68.2 Å². The Hall–Kier alpha value is -1.62. The molecule has 2 aromatic heterocycles. The summed E-state index contributed by atoms with van der Waals surface area (Å²) in [6.07, 6.45) is 0. The first kappa shape index (κ1) is 10.9. The van der Waals surface area contributed by atoms with Gasteiger partial charge in [0, 0.05) is 23.2 Å². The van der Waals surface area contributed by atoms with Gasteiger partial charge in [0.05, 0.1) is 5.69 Å². The smallest absolute Gasteiger partial charge is 0.157 e. The highest BCUT2D eigenvalue weighted by Gasteiger charge is 2.19. The van der Waals surface area contributed by atoms with Crippen molar-refractivity contribution >= 4 is 11.5 Å². The molecule has 2 rings (SSSR count). The zero-order valence-electron chi connectivity index (χ0n) is 10.1. The molecule has 86 valence electrons. The summed E-state index contributed by atoms with van der Waals surface area (Å²) >= 11 is 0. The van der Waals surface area contributed by atoms with E-state index in [1.165, 1.54) is 0 Å². The molecular weight excluding hydrogens is 202 g/mol. The lowest BCUT2D eigenvalue weighted by Gasteiger charge is -2.13. The molecular formula is C11H17N5. The molecule has 0 aliphatic heterocycles. The zero-order chi connectivity index (χ0) is 11.9. The van der Waals surface area contributed by atoms with E-state index >= 15 is 0 Å². The molecule has 0 saturated heterocycles. The predicted molar refractivity (Wildman–Crippen MR) is 64.2 cm³/mol. The van der Waals surface area contributed by atoms with Crippen LogP contribution in [0.4, 0.5) is 5.82 Å². The van der Waals surface area contributed by atoms with Gasteiger partial charge in [0.25, 0.3) is 0 Å². The standard InChI is InChI=1S/C11H17N5/c1-7-5-10(14-12)16-9(13-7)6-8(15-16)11(2,3)4/h5-6,14H,12H2,1-4H3. The highest BCUT2D eigenvalue weighted by molar-refractivity contribution is 5.50. The van der Waals surface area contributed by atoms with Crippen LogP contribution in [-0.4, -0.2) is 14.6 Å². The molecule has 0 fully saturated rings. The first-order valence-corrected chi connectivity index (χ1v) is 5.26. The van der Waals surface area contributed by atoms with Crippen LogP contribution in [0.2, 0.25) is 0 Å². The van der Waals surface area contributed by atoms with Crippen molar-refractivity contribution in [2.75, 3.05) is 5.43 Å². The van der Waals surface area contributed by atoms with Crippen LogP contribution in [0.1, 0.15) is 32.2 Å². The predicted octanol–water partition coefficient (Wildman–Crippen LogP) is 1.62. The van der Waals surface area contributed by atoms with E-state index in [4.69, 9.17) is 5.84 Å². The molecule has 0 aliphatic carbocycles. The summed E-state index contributed by atoms with van der Waals surface area (Å²) in [6.45, 7) is 8.30. The van der Waals surface area contributed by atoms with Crippen molar-refractivity contribution in [1.29, 1.82) is 0 Å². The number of rotatable bonds is 1. The maximum Gasteiger partial charge on any atom is 0.157 e. The third-order valence-electron chi connectivity index (χ3n) is 2.47. The van der Waals surface area contributed by atoms with Crippen molar-refractivity contribution in [2.24, 2.45) is 5.84 Å². The maximum atomic E-state index is 5.46. The molecule has 0 aliphatic rings. The average Bonchev–Trinajstić information content (AvgIpc) is 2.59. The van der Waals surface area contributed by atoms with Crippen LogP contribution in [-0.2, 0) is 5.41 Å². The molecule has 0 saturated carbocycles. The second kappa shape index (κ2) is 3.45. The van der Waals surface area contributed by atoms with Crippen molar-refractivity contribution in [3.63, 3.8) is 0 Å². The van der Waals surface area contributed by atoms with Crippen LogP contribution in [0, 0.1) is 6.92 Å². The highest BCUT2D eigenvalue weighted by Crippen LogP contribution is 2.23. The van der Waals surface area contributed by atoms with Gasteiger partial charge in [0.2, 0.25) is 0 Å². The Morgan fingerprint density at radius 1 is 1.31 bits per heavy atom. The van der Waals surface area contributed by atoms with Crippen LogP contribution >= 0.6 is 0 Å². The average molecular weight is 219 g/mol. The third kappa shape index (κ3) is 1.74. The summed E-state index contributed by atoms with van der Waals surface area (Å²) in [4.78, 5) is 4.42. The van der Waals surface area contributed by atoms with Crippen molar-refractivity contribution in [1.82, 2.24) is 14.6 Å². The fourth-order valence-corrected chi connectivity index (χ4v) is 1.57. The van der Waals surface area contributed by atoms with Crippen LogP contribution < -0.4 is 11.3 Å². The molecule has 3 N–H and O–H groups in total. The summed E-state index contributed by atoms with van der Waals surface area (Å²) < 4.78 is 1.73. The van der Waals surface area contributed by atoms with Gasteiger partial charge in [0.15, 0.2) is 5.65 Å². The minimum Gasteiger partial charge on any atom is -0.308 e. The van der Waals surface area contributed by atoms with Gasteiger partial charge in [0.1, 0.15) is 5.82 Å². The molecule has 0 spiro atoms. The number of nitrogens with one attached hydrogen (secondary N) is 1. The van der Waals surface area contributed by atoms with Gasteiger partial charge in [-0.3, -0.25) is 0 Å². The van der Waals surface area contributed by atoms with E-state index in [-0.39, 0.29) is 5.41 Å². The minimum absolute atomic E-state index is 0.00741. The molecule has 2 heterocycles. The number of fused-ring (bicyclic) bond motifs is 1. The first-order chi connectivity index (χ1) is 7.41. The van der Waals surface area contributed by atoms with Crippen LogP contribution in [0.25, 0.3) is 5.65 Å². The summed E-state index contributed by atoms with van der Waals surface area (Å²) in [6, 6.07) is 3.86. The van der Waals surface area contributed by atoms with E-state index in [2.05, 4.69) is 36.3 Å². The second-order valence-electron chi connectivity index (χ2n) is 4.98.